The van der Waals surface area contributed by atoms with Gasteiger partial charge in [-0.1, -0.05) is 6.07 Å². The molecule has 0 aliphatic carbocycles. The van der Waals surface area contributed by atoms with Crippen LogP contribution in [-0.2, 0) is 6.54 Å². The molecule has 0 bridgehead atoms. The lowest BCUT2D eigenvalue weighted by molar-refractivity contribution is 0.0722. The average Bonchev–Trinajstić information content (AvgIpc) is 3.16. The molecule has 3 rings (SSSR count). The summed E-state index contributed by atoms with van der Waals surface area (Å²) in [4.78, 5) is 24.3. The van der Waals surface area contributed by atoms with Gasteiger partial charge in [-0.25, -0.2) is 4.98 Å². The molecule has 1 N–H and O–H groups in total. The predicted octanol–water partition coefficient (Wildman–Crippen LogP) is 2.41. The first kappa shape index (κ1) is 16.1. The summed E-state index contributed by atoms with van der Waals surface area (Å²) in [6.07, 6.45) is 4.71. The Morgan fingerprint density at radius 1 is 1.48 bits per heavy atom. The predicted molar refractivity (Wildman–Crippen MR) is 91.5 cm³/mol. The first-order valence-electron chi connectivity index (χ1n) is 7.96. The zero-order valence-electron chi connectivity index (χ0n) is 13.6. The Balaban J connectivity index is 1.81. The minimum Gasteiger partial charge on any atom is -0.333 e. The van der Waals surface area contributed by atoms with Crippen molar-refractivity contribution in [3.8, 4) is 0 Å². The van der Waals surface area contributed by atoms with E-state index in [1.165, 1.54) is 11.3 Å². The first-order chi connectivity index (χ1) is 11.1. The van der Waals surface area contributed by atoms with Crippen LogP contribution in [0.25, 0.3) is 0 Å². The topological polar surface area (TPSA) is 58.1 Å². The molecule has 2 aromatic rings. The second-order valence-electron chi connectivity index (χ2n) is 6.05. The SMILES string of the molecule is Cc1nc(C)c(C(=O)N(Cc2cccnc2)C[C@@H]2CCNC2)s1. The van der Waals surface area contributed by atoms with Gasteiger partial charge in [-0.2, -0.15) is 0 Å². The molecule has 0 unspecified atom stereocenters. The molecule has 1 fully saturated rings. The molecule has 0 spiro atoms. The summed E-state index contributed by atoms with van der Waals surface area (Å²) >= 11 is 1.49. The molecule has 0 saturated carbocycles. The number of rotatable bonds is 5. The number of hydrogen-bond donors (Lipinski definition) is 1. The van der Waals surface area contributed by atoms with Gasteiger partial charge in [0.1, 0.15) is 4.88 Å². The third-order valence-electron chi connectivity index (χ3n) is 4.12. The van der Waals surface area contributed by atoms with Crippen molar-refractivity contribution in [1.82, 2.24) is 20.2 Å². The summed E-state index contributed by atoms with van der Waals surface area (Å²) < 4.78 is 0. The number of carbonyl (C=O) groups excluding carboxylic acids is 1. The van der Waals surface area contributed by atoms with Crippen molar-refractivity contribution in [2.24, 2.45) is 5.92 Å². The van der Waals surface area contributed by atoms with Gasteiger partial charge in [0.2, 0.25) is 0 Å². The van der Waals surface area contributed by atoms with E-state index >= 15 is 0 Å². The van der Waals surface area contributed by atoms with Gasteiger partial charge in [0, 0.05) is 25.5 Å². The highest BCUT2D eigenvalue weighted by Gasteiger charge is 2.25. The molecular formula is C17H22N4OS. The lowest BCUT2D eigenvalue weighted by atomic mass is 10.1. The van der Waals surface area contributed by atoms with Crippen LogP contribution in [-0.4, -0.2) is 40.4 Å². The van der Waals surface area contributed by atoms with E-state index in [4.69, 9.17) is 0 Å². The van der Waals surface area contributed by atoms with Crippen molar-refractivity contribution >= 4 is 17.2 Å². The number of nitrogens with zero attached hydrogens (tertiary/aromatic N) is 3. The standard InChI is InChI=1S/C17H22N4OS/c1-12-16(23-13(2)20-12)17(22)21(11-15-5-7-19-9-15)10-14-4-3-6-18-8-14/h3-4,6,8,15,19H,5,7,9-11H2,1-2H3/t15-/m1/s1. The molecule has 3 heterocycles. The Hall–Kier alpha value is -1.79. The van der Waals surface area contributed by atoms with Crippen LogP contribution in [0.4, 0.5) is 0 Å². The van der Waals surface area contributed by atoms with Crippen LogP contribution in [0.5, 0.6) is 0 Å². The highest BCUT2D eigenvalue weighted by atomic mass is 32.1. The van der Waals surface area contributed by atoms with Crippen molar-refractivity contribution in [3.63, 3.8) is 0 Å². The molecule has 1 atom stereocenters. The van der Waals surface area contributed by atoms with E-state index in [0.717, 1.165) is 47.2 Å². The highest BCUT2D eigenvalue weighted by molar-refractivity contribution is 7.13. The van der Waals surface area contributed by atoms with E-state index < -0.39 is 0 Å². The van der Waals surface area contributed by atoms with Crippen LogP contribution in [0.1, 0.15) is 32.4 Å². The Kier molecular flexibility index (Phi) is 5.03. The minimum absolute atomic E-state index is 0.0869. The van der Waals surface area contributed by atoms with Gasteiger partial charge in [0.15, 0.2) is 0 Å². The third kappa shape index (κ3) is 3.95. The zero-order chi connectivity index (χ0) is 16.2. The number of amides is 1. The Morgan fingerprint density at radius 3 is 2.96 bits per heavy atom. The highest BCUT2D eigenvalue weighted by Crippen LogP contribution is 2.22. The Labute approximate surface area is 140 Å². The quantitative estimate of drug-likeness (QED) is 0.915. The molecule has 1 saturated heterocycles. The van der Waals surface area contributed by atoms with E-state index in [9.17, 15) is 4.79 Å². The maximum absolute atomic E-state index is 13.0. The Morgan fingerprint density at radius 2 is 2.35 bits per heavy atom. The fraction of sp³-hybridized carbons (Fsp3) is 0.471. The molecule has 122 valence electrons. The van der Waals surface area contributed by atoms with Crippen molar-refractivity contribution in [2.45, 2.75) is 26.8 Å². The summed E-state index contributed by atoms with van der Waals surface area (Å²) in [5.41, 5.74) is 1.89. The summed E-state index contributed by atoms with van der Waals surface area (Å²) in [7, 11) is 0. The molecule has 2 aromatic heterocycles. The molecule has 6 heteroatoms. The number of aromatic nitrogens is 2. The summed E-state index contributed by atoms with van der Waals surface area (Å²) in [6.45, 7) is 7.25. The van der Waals surface area contributed by atoms with Crippen LogP contribution >= 0.6 is 11.3 Å². The van der Waals surface area contributed by atoms with E-state index in [-0.39, 0.29) is 5.91 Å². The number of carbonyl (C=O) groups is 1. The fourth-order valence-corrected chi connectivity index (χ4v) is 3.87. The van der Waals surface area contributed by atoms with E-state index in [1.807, 2.05) is 37.1 Å². The molecule has 0 aromatic carbocycles. The van der Waals surface area contributed by atoms with Crippen molar-refractivity contribution in [2.75, 3.05) is 19.6 Å². The average molecular weight is 330 g/mol. The summed E-state index contributed by atoms with van der Waals surface area (Å²) in [5, 5.41) is 4.32. The maximum Gasteiger partial charge on any atom is 0.266 e. The Bertz CT molecular complexity index is 664. The molecule has 5 nitrogen and oxygen atoms in total. The normalized spacial score (nSPS) is 17.4. The van der Waals surface area contributed by atoms with E-state index in [1.54, 1.807) is 6.20 Å². The molecule has 1 aliphatic rings. The molecule has 1 aliphatic heterocycles. The molecule has 0 radical (unpaired) electrons. The largest absolute Gasteiger partial charge is 0.333 e. The molecule has 23 heavy (non-hydrogen) atoms. The van der Waals surface area contributed by atoms with Crippen molar-refractivity contribution in [3.05, 3.63) is 45.7 Å². The third-order valence-corrected chi connectivity index (χ3v) is 5.18. The van der Waals surface area contributed by atoms with E-state index in [2.05, 4.69) is 15.3 Å². The van der Waals surface area contributed by atoms with Gasteiger partial charge < -0.3 is 10.2 Å². The first-order valence-corrected chi connectivity index (χ1v) is 8.78. The van der Waals surface area contributed by atoms with Crippen LogP contribution in [0.15, 0.2) is 24.5 Å². The van der Waals surface area contributed by atoms with Gasteiger partial charge >= 0.3 is 0 Å². The second-order valence-corrected chi connectivity index (χ2v) is 7.26. The van der Waals surface area contributed by atoms with Gasteiger partial charge in [0.05, 0.1) is 10.7 Å². The number of aryl methyl sites for hydroxylation is 2. The monoisotopic (exact) mass is 330 g/mol. The zero-order valence-corrected chi connectivity index (χ0v) is 14.4. The smallest absolute Gasteiger partial charge is 0.266 e. The van der Waals surface area contributed by atoms with Gasteiger partial charge in [0.25, 0.3) is 5.91 Å². The van der Waals surface area contributed by atoms with Gasteiger partial charge in [-0.05, 0) is 50.9 Å². The molecule has 1 amide bonds. The van der Waals surface area contributed by atoms with Crippen LogP contribution < -0.4 is 5.32 Å². The van der Waals surface area contributed by atoms with Crippen LogP contribution in [0.2, 0.25) is 0 Å². The minimum atomic E-state index is 0.0869. The van der Waals surface area contributed by atoms with Crippen LogP contribution in [0, 0.1) is 19.8 Å². The number of nitrogens with one attached hydrogen (secondary N) is 1. The maximum atomic E-state index is 13.0. The fourth-order valence-electron chi connectivity index (χ4n) is 2.99. The van der Waals surface area contributed by atoms with Gasteiger partial charge in [-0.3, -0.25) is 9.78 Å². The lowest BCUT2D eigenvalue weighted by Crippen LogP contribution is -2.35. The van der Waals surface area contributed by atoms with Crippen molar-refractivity contribution < 1.29 is 4.79 Å². The second kappa shape index (κ2) is 7.19. The summed E-state index contributed by atoms with van der Waals surface area (Å²) in [6, 6.07) is 3.93. The summed E-state index contributed by atoms with van der Waals surface area (Å²) in [5.74, 6) is 0.605. The molecular weight excluding hydrogens is 308 g/mol. The van der Waals surface area contributed by atoms with Crippen LogP contribution in [0.3, 0.4) is 0 Å². The lowest BCUT2D eigenvalue weighted by Gasteiger charge is -2.25. The van der Waals surface area contributed by atoms with E-state index in [0.29, 0.717) is 12.5 Å². The van der Waals surface area contributed by atoms with Gasteiger partial charge in [-0.15, -0.1) is 11.3 Å². The number of hydrogen-bond acceptors (Lipinski definition) is 5. The van der Waals surface area contributed by atoms with Crippen molar-refractivity contribution in [1.29, 1.82) is 0 Å². The number of pyridine rings is 1. The number of thiazole rings is 1.